The largest absolute Gasteiger partial charge is 0.480 e. The van der Waals surface area contributed by atoms with Gasteiger partial charge in [-0.1, -0.05) is 13.8 Å². The molecular formula is C21H33N3O5S. The number of nitrogens with one attached hydrogen (secondary N) is 2. The van der Waals surface area contributed by atoms with Gasteiger partial charge in [-0.05, 0) is 51.3 Å². The number of ether oxygens (including phenoxy) is 1. The third-order valence-corrected chi connectivity index (χ3v) is 6.51. The lowest BCUT2D eigenvalue weighted by atomic mass is 9.95. The van der Waals surface area contributed by atoms with E-state index in [0.717, 1.165) is 49.2 Å². The molecule has 1 amide bonds. The van der Waals surface area contributed by atoms with Crippen LogP contribution in [0.1, 0.15) is 60.8 Å². The molecule has 1 heterocycles. The van der Waals surface area contributed by atoms with Crippen LogP contribution in [0, 0.1) is 0 Å². The maximum Gasteiger partial charge on any atom is 0.341 e. The minimum absolute atomic E-state index is 0.210. The summed E-state index contributed by atoms with van der Waals surface area (Å²) in [4.78, 5) is 40.0. The summed E-state index contributed by atoms with van der Waals surface area (Å²) >= 11 is 1.40. The monoisotopic (exact) mass is 439 g/mol. The Morgan fingerprint density at radius 1 is 1.17 bits per heavy atom. The number of hydrogen-bond donors (Lipinski definition) is 3. The number of esters is 1. The molecule has 168 valence electrons. The van der Waals surface area contributed by atoms with E-state index in [1.54, 1.807) is 6.92 Å². The molecule has 0 aliphatic heterocycles. The SMILES string of the molecule is CCOC(=O)c1c(NC(=O)C[C@@H](NCCN(CC)CC)C(=O)O)sc2c1CCCC2. The minimum Gasteiger partial charge on any atom is -0.480 e. The van der Waals surface area contributed by atoms with E-state index in [0.29, 0.717) is 23.7 Å². The Morgan fingerprint density at radius 3 is 2.50 bits per heavy atom. The first-order valence-corrected chi connectivity index (χ1v) is 11.5. The maximum absolute atomic E-state index is 12.6. The van der Waals surface area contributed by atoms with Crippen LogP contribution in [0.2, 0.25) is 0 Å². The Morgan fingerprint density at radius 2 is 1.87 bits per heavy atom. The van der Waals surface area contributed by atoms with Gasteiger partial charge in [-0.15, -0.1) is 11.3 Å². The number of aliphatic carboxylic acids is 1. The van der Waals surface area contributed by atoms with E-state index in [1.807, 2.05) is 13.8 Å². The first-order valence-electron chi connectivity index (χ1n) is 10.7. The van der Waals surface area contributed by atoms with Crippen LogP contribution in [-0.4, -0.2) is 66.7 Å². The molecule has 0 saturated carbocycles. The van der Waals surface area contributed by atoms with Crippen molar-refractivity contribution in [2.24, 2.45) is 0 Å². The molecule has 30 heavy (non-hydrogen) atoms. The van der Waals surface area contributed by atoms with Gasteiger partial charge in [-0.25, -0.2) is 4.79 Å². The van der Waals surface area contributed by atoms with Crippen molar-refractivity contribution in [2.45, 2.75) is 58.9 Å². The van der Waals surface area contributed by atoms with Crippen molar-refractivity contribution < 1.29 is 24.2 Å². The summed E-state index contributed by atoms with van der Waals surface area (Å²) in [6.45, 7) is 9.06. The van der Waals surface area contributed by atoms with Crippen molar-refractivity contribution in [3.8, 4) is 0 Å². The highest BCUT2D eigenvalue weighted by Gasteiger charge is 2.28. The minimum atomic E-state index is -1.07. The number of nitrogens with zero attached hydrogens (tertiary/aromatic N) is 1. The molecule has 8 nitrogen and oxygen atoms in total. The molecule has 1 aromatic heterocycles. The van der Waals surface area contributed by atoms with E-state index in [1.165, 1.54) is 11.3 Å². The van der Waals surface area contributed by atoms with Crippen LogP contribution in [0.4, 0.5) is 5.00 Å². The highest BCUT2D eigenvalue weighted by Crippen LogP contribution is 2.38. The molecule has 0 saturated heterocycles. The number of hydrogen-bond acceptors (Lipinski definition) is 7. The second-order valence-corrected chi connectivity index (χ2v) is 8.36. The molecule has 0 aromatic carbocycles. The number of carbonyl (C=O) groups excluding carboxylic acids is 2. The molecule has 1 aromatic rings. The molecule has 0 spiro atoms. The Bertz CT molecular complexity index is 745. The summed E-state index contributed by atoms with van der Waals surface area (Å²) in [5.41, 5.74) is 1.40. The summed E-state index contributed by atoms with van der Waals surface area (Å²) in [5.74, 6) is -1.93. The standard InChI is InChI=1S/C21H33N3O5S/c1-4-24(5-2)12-11-22-15(20(26)27)13-17(25)23-19-18(21(28)29-6-3)14-9-7-8-10-16(14)30-19/h15,22H,4-13H2,1-3H3,(H,23,25)(H,26,27)/t15-/m1/s1. The van der Waals surface area contributed by atoms with Crippen LogP contribution in [0.3, 0.4) is 0 Å². The Labute approximate surface area is 182 Å². The third kappa shape index (κ3) is 6.52. The van der Waals surface area contributed by atoms with Crippen molar-refractivity contribution in [1.29, 1.82) is 0 Å². The first kappa shape index (κ1) is 24.3. The lowest BCUT2D eigenvalue weighted by Gasteiger charge is -2.20. The first-order chi connectivity index (χ1) is 14.4. The molecule has 0 bridgehead atoms. The number of thiophene rings is 1. The van der Waals surface area contributed by atoms with Crippen molar-refractivity contribution in [3.05, 3.63) is 16.0 Å². The number of carboxylic acids is 1. The zero-order chi connectivity index (χ0) is 22.1. The van der Waals surface area contributed by atoms with Crippen molar-refractivity contribution >= 4 is 34.2 Å². The van der Waals surface area contributed by atoms with Gasteiger partial charge >= 0.3 is 11.9 Å². The van der Waals surface area contributed by atoms with Crippen LogP contribution < -0.4 is 10.6 Å². The van der Waals surface area contributed by atoms with Crippen LogP contribution >= 0.6 is 11.3 Å². The smallest absolute Gasteiger partial charge is 0.341 e. The zero-order valence-corrected chi connectivity index (χ0v) is 18.9. The van der Waals surface area contributed by atoms with Gasteiger partial charge in [-0.3, -0.25) is 9.59 Å². The summed E-state index contributed by atoms with van der Waals surface area (Å²) in [6, 6.07) is -0.985. The number of likely N-dealkylation sites (N-methyl/N-ethyl adjacent to an activating group) is 1. The van der Waals surface area contributed by atoms with E-state index in [4.69, 9.17) is 4.74 Å². The summed E-state index contributed by atoms with van der Waals surface area (Å²) < 4.78 is 5.20. The molecule has 9 heteroatoms. The number of carbonyl (C=O) groups is 3. The maximum atomic E-state index is 12.6. The average molecular weight is 440 g/mol. The van der Waals surface area contributed by atoms with E-state index in [9.17, 15) is 19.5 Å². The number of fused-ring (bicyclic) bond motifs is 1. The summed E-state index contributed by atoms with van der Waals surface area (Å²) in [5, 5.41) is 15.7. The van der Waals surface area contributed by atoms with Crippen LogP contribution in [0.15, 0.2) is 0 Å². The number of anilines is 1. The van der Waals surface area contributed by atoms with Gasteiger partial charge in [0.05, 0.1) is 18.6 Å². The van der Waals surface area contributed by atoms with Crippen molar-refractivity contribution in [3.63, 3.8) is 0 Å². The van der Waals surface area contributed by atoms with Gasteiger partial charge in [0.2, 0.25) is 5.91 Å². The Balaban J connectivity index is 2.05. The second kappa shape index (κ2) is 12.0. The molecular weight excluding hydrogens is 406 g/mol. The fraction of sp³-hybridized carbons (Fsp3) is 0.667. The molecule has 1 atom stereocenters. The Kier molecular flexibility index (Phi) is 9.74. The van der Waals surface area contributed by atoms with E-state index < -0.39 is 23.9 Å². The quantitative estimate of drug-likeness (QED) is 0.430. The number of amides is 1. The fourth-order valence-electron chi connectivity index (χ4n) is 3.62. The predicted molar refractivity (Wildman–Crippen MR) is 117 cm³/mol. The summed E-state index contributed by atoms with van der Waals surface area (Å²) in [7, 11) is 0. The van der Waals surface area contributed by atoms with E-state index in [-0.39, 0.29) is 13.0 Å². The van der Waals surface area contributed by atoms with Crippen LogP contribution in [-0.2, 0) is 27.2 Å². The molecule has 1 aliphatic rings. The average Bonchev–Trinajstić information content (AvgIpc) is 3.08. The van der Waals surface area contributed by atoms with Crippen LogP contribution in [0.5, 0.6) is 0 Å². The zero-order valence-electron chi connectivity index (χ0n) is 18.1. The summed E-state index contributed by atoms with van der Waals surface area (Å²) in [6.07, 6.45) is 3.52. The molecule has 1 aliphatic carbocycles. The molecule has 0 fully saturated rings. The normalized spacial score (nSPS) is 14.3. The van der Waals surface area contributed by atoms with E-state index in [2.05, 4.69) is 15.5 Å². The Hall–Kier alpha value is -1.97. The number of rotatable bonds is 12. The topological polar surface area (TPSA) is 108 Å². The number of aryl methyl sites for hydroxylation is 1. The van der Waals surface area contributed by atoms with Crippen LogP contribution in [0.25, 0.3) is 0 Å². The lowest BCUT2D eigenvalue weighted by molar-refractivity contribution is -0.141. The van der Waals surface area contributed by atoms with Gasteiger partial charge < -0.3 is 25.4 Å². The molecule has 0 unspecified atom stereocenters. The van der Waals surface area contributed by atoms with Gasteiger partial charge in [0.1, 0.15) is 11.0 Å². The van der Waals surface area contributed by atoms with Gasteiger partial charge in [0.25, 0.3) is 0 Å². The van der Waals surface area contributed by atoms with Crippen molar-refractivity contribution in [1.82, 2.24) is 10.2 Å². The van der Waals surface area contributed by atoms with Gasteiger partial charge in [0.15, 0.2) is 0 Å². The highest BCUT2D eigenvalue weighted by molar-refractivity contribution is 7.17. The van der Waals surface area contributed by atoms with Crippen molar-refractivity contribution in [2.75, 3.05) is 38.1 Å². The fourth-order valence-corrected chi connectivity index (χ4v) is 4.91. The van der Waals surface area contributed by atoms with Gasteiger partial charge in [-0.2, -0.15) is 0 Å². The predicted octanol–water partition coefficient (Wildman–Crippen LogP) is 2.52. The van der Waals surface area contributed by atoms with Gasteiger partial charge in [0, 0.05) is 18.0 Å². The lowest BCUT2D eigenvalue weighted by Crippen LogP contribution is -2.43. The molecule has 3 N–H and O–H groups in total. The number of carboxylic acid groups (broad SMARTS) is 1. The molecule has 0 radical (unpaired) electrons. The molecule has 2 rings (SSSR count). The third-order valence-electron chi connectivity index (χ3n) is 5.30. The highest BCUT2D eigenvalue weighted by atomic mass is 32.1. The second-order valence-electron chi connectivity index (χ2n) is 7.26. The van der Waals surface area contributed by atoms with E-state index >= 15 is 0 Å².